The molecule has 19 heavy (non-hydrogen) atoms. The highest BCUT2D eigenvalue weighted by Crippen LogP contribution is 2.29. The normalized spacial score (nSPS) is 13.1. The van der Waals surface area contributed by atoms with Crippen LogP contribution in [0.3, 0.4) is 0 Å². The molecule has 1 heterocycles. The van der Waals surface area contributed by atoms with E-state index in [1.165, 1.54) is 0 Å². The van der Waals surface area contributed by atoms with Gasteiger partial charge in [-0.1, -0.05) is 20.3 Å². The Kier molecular flexibility index (Phi) is 4.53. The topological polar surface area (TPSA) is 25.2 Å². The molecule has 0 saturated heterocycles. The summed E-state index contributed by atoms with van der Waals surface area (Å²) in [5, 5.41) is 3.98. The molecule has 2 rings (SSSR count). The van der Waals surface area contributed by atoms with E-state index >= 15 is 0 Å². The smallest absolute Gasteiger partial charge is 0.201 e. The van der Waals surface area contributed by atoms with Gasteiger partial charge in [-0.25, -0.2) is 4.39 Å². The van der Waals surface area contributed by atoms with E-state index in [2.05, 4.69) is 19.2 Å². The van der Waals surface area contributed by atoms with Gasteiger partial charge in [0.2, 0.25) is 5.82 Å². The second-order valence-electron chi connectivity index (χ2n) is 4.72. The summed E-state index contributed by atoms with van der Waals surface area (Å²) in [5.74, 6) is -1.11. The summed E-state index contributed by atoms with van der Waals surface area (Å²) in [6.45, 7) is 5.05. The van der Waals surface area contributed by atoms with Crippen molar-refractivity contribution in [3.8, 4) is 0 Å². The Hall–Kier alpha value is -1.42. The Bertz CT molecular complexity index is 550. The second kappa shape index (κ2) is 6.15. The zero-order chi connectivity index (χ0) is 13.8. The molecular formula is C15H19F2NO. The first-order chi connectivity index (χ1) is 9.17. The number of furan rings is 1. The van der Waals surface area contributed by atoms with Gasteiger partial charge in [-0.15, -0.1) is 0 Å². The molecule has 0 aliphatic rings. The average Bonchev–Trinajstić information content (AvgIpc) is 2.83. The molecule has 0 saturated carbocycles. The van der Waals surface area contributed by atoms with Crippen LogP contribution >= 0.6 is 0 Å². The van der Waals surface area contributed by atoms with Crippen molar-refractivity contribution in [1.82, 2.24) is 5.32 Å². The molecule has 1 N–H and O–H groups in total. The molecule has 0 radical (unpaired) electrons. The average molecular weight is 267 g/mol. The molecule has 0 spiro atoms. The number of halogens is 2. The first kappa shape index (κ1) is 14.0. The molecule has 0 aliphatic heterocycles. The van der Waals surface area contributed by atoms with Crippen LogP contribution in [-0.2, 0) is 0 Å². The van der Waals surface area contributed by atoms with E-state index in [-0.39, 0.29) is 11.6 Å². The summed E-state index contributed by atoms with van der Waals surface area (Å²) in [7, 11) is 0. The van der Waals surface area contributed by atoms with Crippen molar-refractivity contribution in [3.05, 3.63) is 35.6 Å². The van der Waals surface area contributed by atoms with Crippen LogP contribution in [0.1, 0.15) is 44.9 Å². The minimum atomic E-state index is -0.908. The number of rotatable bonds is 6. The van der Waals surface area contributed by atoms with E-state index in [4.69, 9.17) is 4.42 Å². The van der Waals surface area contributed by atoms with Crippen LogP contribution in [0.5, 0.6) is 0 Å². The largest absolute Gasteiger partial charge is 0.456 e. The quantitative estimate of drug-likeness (QED) is 0.830. The maximum atomic E-state index is 13.6. The highest BCUT2D eigenvalue weighted by molar-refractivity contribution is 5.78. The third-order valence-electron chi connectivity index (χ3n) is 3.16. The molecular weight excluding hydrogens is 248 g/mol. The van der Waals surface area contributed by atoms with E-state index in [1.807, 2.05) is 0 Å². The highest BCUT2D eigenvalue weighted by Gasteiger charge is 2.18. The first-order valence-corrected chi connectivity index (χ1v) is 6.78. The van der Waals surface area contributed by atoms with Crippen LogP contribution in [0, 0.1) is 11.6 Å². The molecule has 0 amide bonds. The number of nitrogens with one attached hydrogen (secondary N) is 1. The van der Waals surface area contributed by atoms with Crippen molar-refractivity contribution >= 4 is 11.0 Å². The van der Waals surface area contributed by atoms with Crippen molar-refractivity contribution in [1.29, 1.82) is 0 Å². The van der Waals surface area contributed by atoms with E-state index < -0.39 is 11.6 Å². The first-order valence-electron chi connectivity index (χ1n) is 6.78. The molecule has 2 nitrogen and oxygen atoms in total. The summed E-state index contributed by atoms with van der Waals surface area (Å²) in [4.78, 5) is 0. The molecule has 1 aromatic heterocycles. The highest BCUT2D eigenvalue weighted by atomic mass is 19.2. The van der Waals surface area contributed by atoms with E-state index in [0.29, 0.717) is 11.1 Å². The number of benzene rings is 1. The van der Waals surface area contributed by atoms with Crippen molar-refractivity contribution in [3.63, 3.8) is 0 Å². The van der Waals surface area contributed by atoms with Crippen molar-refractivity contribution in [2.24, 2.45) is 0 Å². The molecule has 1 aromatic carbocycles. The zero-order valence-electron chi connectivity index (χ0n) is 11.3. The van der Waals surface area contributed by atoms with Crippen molar-refractivity contribution < 1.29 is 13.2 Å². The third kappa shape index (κ3) is 2.95. The monoisotopic (exact) mass is 267 g/mol. The zero-order valence-corrected chi connectivity index (χ0v) is 11.3. The van der Waals surface area contributed by atoms with Gasteiger partial charge in [0.15, 0.2) is 11.4 Å². The lowest BCUT2D eigenvalue weighted by Crippen LogP contribution is -2.21. The number of fused-ring (bicyclic) bond motifs is 1. The van der Waals surface area contributed by atoms with Gasteiger partial charge in [0.1, 0.15) is 5.76 Å². The Morgan fingerprint density at radius 2 is 2.00 bits per heavy atom. The number of hydrogen-bond donors (Lipinski definition) is 1. The maximum Gasteiger partial charge on any atom is 0.201 e. The molecule has 0 aliphatic carbocycles. The Morgan fingerprint density at radius 3 is 2.68 bits per heavy atom. The fourth-order valence-electron chi connectivity index (χ4n) is 2.19. The van der Waals surface area contributed by atoms with Crippen LogP contribution < -0.4 is 5.32 Å². The summed E-state index contributed by atoms with van der Waals surface area (Å²) >= 11 is 0. The molecule has 2 aromatic rings. The third-order valence-corrected chi connectivity index (χ3v) is 3.16. The molecule has 4 heteroatoms. The summed E-state index contributed by atoms with van der Waals surface area (Å²) < 4.78 is 32.3. The van der Waals surface area contributed by atoms with Crippen LogP contribution in [0.15, 0.2) is 22.6 Å². The molecule has 0 fully saturated rings. The van der Waals surface area contributed by atoms with Crippen molar-refractivity contribution in [2.75, 3.05) is 6.54 Å². The predicted octanol–water partition coefficient (Wildman–Crippen LogP) is 4.55. The summed E-state index contributed by atoms with van der Waals surface area (Å²) in [6.07, 6.45) is 2.92. The van der Waals surface area contributed by atoms with Crippen LogP contribution in [0.2, 0.25) is 0 Å². The van der Waals surface area contributed by atoms with Gasteiger partial charge in [0, 0.05) is 5.39 Å². The minimum Gasteiger partial charge on any atom is -0.456 e. The van der Waals surface area contributed by atoms with Gasteiger partial charge in [-0.05, 0) is 37.6 Å². The summed E-state index contributed by atoms with van der Waals surface area (Å²) in [5.41, 5.74) is 0.00871. The SMILES string of the molecule is CCCNC(CCC)c1cc2ccc(F)c(F)c2o1. The van der Waals surface area contributed by atoms with Gasteiger partial charge in [-0.3, -0.25) is 0 Å². The van der Waals surface area contributed by atoms with Crippen LogP contribution in [0.4, 0.5) is 8.78 Å². The molecule has 1 atom stereocenters. The van der Waals surface area contributed by atoms with E-state index in [9.17, 15) is 8.78 Å². The fourth-order valence-corrected chi connectivity index (χ4v) is 2.19. The maximum absolute atomic E-state index is 13.6. The Morgan fingerprint density at radius 1 is 1.21 bits per heavy atom. The number of hydrogen-bond acceptors (Lipinski definition) is 2. The fraction of sp³-hybridized carbons (Fsp3) is 0.467. The van der Waals surface area contributed by atoms with Crippen molar-refractivity contribution in [2.45, 2.75) is 39.2 Å². The van der Waals surface area contributed by atoms with Gasteiger partial charge in [0.25, 0.3) is 0 Å². The lowest BCUT2D eigenvalue weighted by atomic mass is 10.1. The Labute approximate surface area is 111 Å². The van der Waals surface area contributed by atoms with Gasteiger partial charge < -0.3 is 9.73 Å². The lowest BCUT2D eigenvalue weighted by Gasteiger charge is -2.14. The van der Waals surface area contributed by atoms with Gasteiger partial charge in [0.05, 0.1) is 6.04 Å². The second-order valence-corrected chi connectivity index (χ2v) is 4.72. The molecule has 0 bridgehead atoms. The van der Waals surface area contributed by atoms with Gasteiger partial charge in [-0.2, -0.15) is 4.39 Å². The standard InChI is InChI=1S/C15H19F2NO/c1-3-5-12(18-8-4-2)13-9-10-6-7-11(16)14(17)15(10)19-13/h6-7,9,12,18H,3-5,8H2,1-2H3. The van der Waals surface area contributed by atoms with E-state index in [0.717, 1.165) is 31.9 Å². The van der Waals surface area contributed by atoms with Gasteiger partial charge >= 0.3 is 0 Å². The van der Waals surface area contributed by atoms with Crippen LogP contribution in [-0.4, -0.2) is 6.54 Å². The van der Waals surface area contributed by atoms with E-state index in [1.54, 1.807) is 12.1 Å². The predicted molar refractivity (Wildman–Crippen MR) is 72.1 cm³/mol. The lowest BCUT2D eigenvalue weighted by molar-refractivity contribution is 0.399. The van der Waals surface area contributed by atoms with Crippen LogP contribution in [0.25, 0.3) is 11.0 Å². The summed E-state index contributed by atoms with van der Waals surface area (Å²) in [6, 6.07) is 4.52. The molecule has 104 valence electrons. The Balaban J connectivity index is 2.34. The molecule has 1 unspecified atom stereocenters. The minimum absolute atomic E-state index is 0.00871.